The molecule has 1 fully saturated rings. The predicted molar refractivity (Wildman–Crippen MR) is 74.1 cm³/mol. The monoisotopic (exact) mass is 278 g/mol. The number of methoxy groups -OCH3 is 1. The number of carboxylic acid groups (broad SMARTS) is 1. The van der Waals surface area contributed by atoms with Gasteiger partial charge in [-0.3, -0.25) is 4.79 Å². The van der Waals surface area contributed by atoms with Gasteiger partial charge in [0.25, 0.3) is 0 Å². The van der Waals surface area contributed by atoms with Crippen molar-refractivity contribution in [3.63, 3.8) is 0 Å². The standard InChI is InChI=1S/C14H18N2O4/c1-9-7-10(3-6-12(9)20-2)15-14(19)16(8-13(17)18)11-4-5-11/h3,6-7,11H,4-5,8H2,1-2H3,(H,15,19)(H,17,18). The lowest BCUT2D eigenvalue weighted by Crippen LogP contribution is -2.40. The molecule has 0 atom stereocenters. The van der Waals surface area contributed by atoms with Crippen LogP contribution in [0.5, 0.6) is 5.75 Å². The number of carbonyl (C=O) groups excluding carboxylic acids is 1. The molecule has 2 amide bonds. The number of anilines is 1. The van der Waals surface area contributed by atoms with Crippen LogP contribution in [0.3, 0.4) is 0 Å². The lowest BCUT2D eigenvalue weighted by atomic mass is 10.2. The maximum absolute atomic E-state index is 12.1. The van der Waals surface area contributed by atoms with Gasteiger partial charge >= 0.3 is 12.0 Å². The van der Waals surface area contributed by atoms with E-state index in [1.54, 1.807) is 25.3 Å². The second kappa shape index (κ2) is 5.81. The van der Waals surface area contributed by atoms with E-state index in [1.807, 2.05) is 6.92 Å². The van der Waals surface area contributed by atoms with Gasteiger partial charge in [0, 0.05) is 11.7 Å². The van der Waals surface area contributed by atoms with Crippen molar-refractivity contribution in [2.75, 3.05) is 19.0 Å². The fourth-order valence-corrected chi connectivity index (χ4v) is 2.05. The smallest absolute Gasteiger partial charge is 0.323 e. The quantitative estimate of drug-likeness (QED) is 0.864. The number of nitrogens with zero attached hydrogens (tertiary/aromatic N) is 1. The van der Waals surface area contributed by atoms with Crippen molar-refractivity contribution in [1.82, 2.24) is 4.90 Å². The fraction of sp³-hybridized carbons (Fsp3) is 0.429. The van der Waals surface area contributed by atoms with E-state index in [9.17, 15) is 9.59 Å². The number of ether oxygens (including phenoxy) is 1. The highest BCUT2D eigenvalue weighted by Crippen LogP contribution is 2.28. The molecule has 1 aromatic carbocycles. The van der Waals surface area contributed by atoms with E-state index in [4.69, 9.17) is 9.84 Å². The Morgan fingerprint density at radius 1 is 1.45 bits per heavy atom. The zero-order chi connectivity index (χ0) is 14.7. The molecular formula is C14H18N2O4. The van der Waals surface area contributed by atoms with Crippen molar-refractivity contribution in [3.8, 4) is 5.75 Å². The highest BCUT2D eigenvalue weighted by molar-refractivity contribution is 5.92. The van der Waals surface area contributed by atoms with Crippen molar-refractivity contribution in [1.29, 1.82) is 0 Å². The molecule has 1 aliphatic rings. The van der Waals surface area contributed by atoms with Gasteiger partial charge in [-0.05, 0) is 43.5 Å². The molecule has 0 heterocycles. The van der Waals surface area contributed by atoms with Crippen LogP contribution in [-0.4, -0.2) is 41.7 Å². The highest BCUT2D eigenvalue weighted by Gasteiger charge is 2.33. The number of carboxylic acids is 1. The van der Waals surface area contributed by atoms with Crippen molar-refractivity contribution in [2.24, 2.45) is 0 Å². The van der Waals surface area contributed by atoms with Gasteiger partial charge in [0.15, 0.2) is 0 Å². The molecule has 6 nitrogen and oxygen atoms in total. The van der Waals surface area contributed by atoms with Crippen molar-refractivity contribution >= 4 is 17.7 Å². The SMILES string of the molecule is COc1ccc(NC(=O)N(CC(=O)O)C2CC2)cc1C. The van der Waals surface area contributed by atoms with E-state index in [2.05, 4.69) is 5.32 Å². The summed E-state index contributed by atoms with van der Waals surface area (Å²) in [4.78, 5) is 24.3. The minimum Gasteiger partial charge on any atom is -0.496 e. The summed E-state index contributed by atoms with van der Waals surface area (Å²) >= 11 is 0. The maximum Gasteiger partial charge on any atom is 0.323 e. The first-order valence-electron chi connectivity index (χ1n) is 6.45. The summed E-state index contributed by atoms with van der Waals surface area (Å²) in [7, 11) is 1.59. The summed E-state index contributed by atoms with van der Waals surface area (Å²) in [6.07, 6.45) is 1.73. The molecule has 1 aliphatic carbocycles. The lowest BCUT2D eigenvalue weighted by molar-refractivity contribution is -0.137. The molecule has 0 aromatic heterocycles. The van der Waals surface area contributed by atoms with Crippen LogP contribution in [0.4, 0.5) is 10.5 Å². The minimum absolute atomic E-state index is 0.0467. The fourth-order valence-electron chi connectivity index (χ4n) is 2.05. The number of nitrogens with one attached hydrogen (secondary N) is 1. The molecule has 0 bridgehead atoms. The van der Waals surface area contributed by atoms with E-state index in [-0.39, 0.29) is 18.6 Å². The van der Waals surface area contributed by atoms with E-state index in [0.717, 1.165) is 24.2 Å². The second-order valence-corrected chi connectivity index (χ2v) is 4.87. The summed E-state index contributed by atoms with van der Waals surface area (Å²) in [6, 6.07) is 4.96. The van der Waals surface area contributed by atoms with Crippen LogP contribution in [0.1, 0.15) is 18.4 Å². The number of hydrogen-bond acceptors (Lipinski definition) is 3. The molecule has 2 N–H and O–H groups in total. The Balaban J connectivity index is 2.05. The van der Waals surface area contributed by atoms with Gasteiger partial charge in [-0.2, -0.15) is 0 Å². The largest absolute Gasteiger partial charge is 0.496 e. The van der Waals surface area contributed by atoms with Gasteiger partial charge in [-0.25, -0.2) is 4.79 Å². The van der Waals surface area contributed by atoms with E-state index in [0.29, 0.717) is 5.69 Å². The molecule has 2 rings (SSSR count). The first kappa shape index (κ1) is 14.2. The molecule has 0 saturated heterocycles. The number of urea groups is 1. The van der Waals surface area contributed by atoms with Gasteiger partial charge in [-0.1, -0.05) is 0 Å². The van der Waals surface area contributed by atoms with E-state index in [1.165, 1.54) is 4.90 Å². The third kappa shape index (κ3) is 3.40. The topological polar surface area (TPSA) is 78.9 Å². The minimum atomic E-state index is -1.00. The Hall–Kier alpha value is -2.24. The van der Waals surface area contributed by atoms with Crippen LogP contribution in [0, 0.1) is 6.92 Å². The van der Waals surface area contributed by atoms with Gasteiger partial charge < -0.3 is 20.1 Å². The molecule has 108 valence electrons. The normalized spacial score (nSPS) is 13.7. The van der Waals surface area contributed by atoms with Crippen LogP contribution in [0.25, 0.3) is 0 Å². The Morgan fingerprint density at radius 2 is 2.15 bits per heavy atom. The number of hydrogen-bond donors (Lipinski definition) is 2. The number of benzene rings is 1. The van der Waals surface area contributed by atoms with Crippen LogP contribution in [0.2, 0.25) is 0 Å². The molecule has 0 unspecified atom stereocenters. The Morgan fingerprint density at radius 3 is 2.65 bits per heavy atom. The summed E-state index contributed by atoms with van der Waals surface area (Å²) in [5.74, 6) is -0.259. The second-order valence-electron chi connectivity index (χ2n) is 4.87. The summed E-state index contributed by atoms with van der Waals surface area (Å²) in [5.41, 5.74) is 1.53. The zero-order valence-corrected chi connectivity index (χ0v) is 11.5. The van der Waals surface area contributed by atoms with Crippen LogP contribution >= 0.6 is 0 Å². The molecule has 0 radical (unpaired) electrons. The Kier molecular flexibility index (Phi) is 4.12. The number of aliphatic carboxylic acids is 1. The van der Waals surface area contributed by atoms with Crippen molar-refractivity contribution in [2.45, 2.75) is 25.8 Å². The highest BCUT2D eigenvalue weighted by atomic mass is 16.5. The van der Waals surface area contributed by atoms with Crippen LogP contribution in [-0.2, 0) is 4.79 Å². The van der Waals surface area contributed by atoms with Gasteiger partial charge in [0.05, 0.1) is 7.11 Å². The van der Waals surface area contributed by atoms with Crippen molar-refractivity contribution in [3.05, 3.63) is 23.8 Å². The van der Waals surface area contributed by atoms with E-state index >= 15 is 0 Å². The Bertz CT molecular complexity index is 526. The van der Waals surface area contributed by atoms with Gasteiger partial charge in [0.1, 0.15) is 12.3 Å². The number of aryl methyl sites for hydroxylation is 1. The number of carbonyl (C=O) groups is 2. The molecule has 0 aliphatic heterocycles. The van der Waals surface area contributed by atoms with E-state index < -0.39 is 5.97 Å². The molecular weight excluding hydrogens is 260 g/mol. The van der Waals surface area contributed by atoms with Gasteiger partial charge in [0.2, 0.25) is 0 Å². The maximum atomic E-state index is 12.1. The van der Waals surface area contributed by atoms with Crippen molar-refractivity contribution < 1.29 is 19.4 Å². The summed E-state index contributed by atoms with van der Waals surface area (Å²) < 4.78 is 5.15. The predicted octanol–water partition coefficient (Wildman–Crippen LogP) is 2.08. The average Bonchev–Trinajstić information content (AvgIpc) is 3.20. The molecule has 1 saturated carbocycles. The third-order valence-electron chi connectivity index (χ3n) is 3.20. The van der Waals surface area contributed by atoms with Crippen LogP contribution < -0.4 is 10.1 Å². The average molecular weight is 278 g/mol. The first-order valence-corrected chi connectivity index (χ1v) is 6.45. The van der Waals surface area contributed by atoms with Gasteiger partial charge in [-0.15, -0.1) is 0 Å². The lowest BCUT2D eigenvalue weighted by Gasteiger charge is -2.21. The molecule has 20 heavy (non-hydrogen) atoms. The summed E-state index contributed by atoms with van der Waals surface area (Å²) in [5, 5.41) is 11.6. The first-order chi connectivity index (χ1) is 9.51. The van der Waals surface area contributed by atoms with Crippen LogP contribution in [0.15, 0.2) is 18.2 Å². The zero-order valence-electron chi connectivity index (χ0n) is 11.5. The summed E-state index contributed by atoms with van der Waals surface area (Å²) in [6.45, 7) is 1.61. The number of amides is 2. The Labute approximate surface area is 117 Å². The molecule has 6 heteroatoms. The molecule has 1 aromatic rings. The third-order valence-corrected chi connectivity index (χ3v) is 3.20. The molecule has 0 spiro atoms. The number of rotatable bonds is 5.